The van der Waals surface area contributed by atoms with E-state index in [0.29, 0.717) is 10.8 Å². The first-order chi connectivity index (χ1) is 15.0. The van der Waals surface area contributed by atoms with Gasteiger partial charge < -0.3 is 20.0 Å². The predicted molar refractivity (Wildman–Crippen MR) is 113 cm³/mol. The van der Waals surface area contributed by atoms with Gasteiger partial charge in [-0.15, -0.1) is 11.3 Å². The first-order valence-electron chi connectivity index (χ1n) is 9.07. The number of benzene rings is 2. The van der Waals surface area contributed by atoms with E-state index in [9.17, 15) is 19.5 Å². The molecule has 2 aromatic carbocycles. The van der Waals surface area contributed by atoms with E-state index < -0.39 is 29.7 Å². The number of hydrogen-bond acceptors (Lipinski definition) is 8. The number of nitrogens with one attached hydrogen (secondary N) is 1. The molecule has 156 valence electrons. The maximum atomic E-state index is 12.6. The lowest BCUT2D eigenvalue weighted by Gasteiger charge is -2.11. The van der Waals surface area contributed by atoms with Crippen molar-refractivity contribution in [3.8, 4) is 17.0 Å². The van der Waals surface area contributed by atoms with Gasteiger partial charge in [-0.3, -0.25) is 9.59 Å². The van der Waals surface area contributed by atoms with Crippen LogP contribution in [0.15, 0.2) is 58.7 Å². The number of thiazole rings is 1. The molecule has 0 spiro atoms. The number of fused-ring (bicyclic) bond motifs is 1. The second kappa shape index (κ2) is 8.36. The number of carboxylic acid groups (broad SMARTS) is 1. The average molecular weight is 435 g/mol. The van der Waals surface area contributed by atoms with Crippen molar-refractivity contribution >= 4 is 39.1 Å². The SMILES string of the molecule is COc1ccc(-c2csc(NC(=O)Cn3nc(C(=O)[O-])c4ccccc4c3=O)n2)cc1. The fourth-order valence-electron chi connectivity index (χ4n) is 3.01. The van der Waals surface area contributed by atoms with Crippen molar-refractivity contribution in [3.63, 3.8) is 0 Å². The number of anilines is 1. The first kappa shape index (κ1) is 20.2. The summed E-state index contributed by atoms with van der Waals surface area (Å²) in [6.45, 7) is -0.471. The van der Waals surface area contributed by atoms with Crippen molar-refractivity contribution in [2.75, 3.05) is 12.4 Å². The van der Waals surface area contributed by atoms with Crippen LogP contribution in [0.25, 0.3) is 22.0 Å². The van der Waals surface area contributed by atoms with Crippen LogP contribution in [-0.2, 0) is 11.3 Å². The molecule has 1 amide bonds. The zero-order valence-electron chi connectivity index (χ0n) is 16.2. The summed E-state index contributed by atoms with van der Waals surface area (Å²) in [5.74, 6) is -1.38. The van der Waals surface area contributed by atoms with Gasteiger partial charge in [-0.2, -0.15) is 5.10 Å². The third-order valence-electron chi connectivity index (χ3n) is 4.49. The van der Waals surface area contributed by atoms with Gasteiger partial charge in [0.2, 0.25) is 5.91 Å². The molecule has 9 nitrogen and oxygen atoms in total. The molecule has 0 saturated heterocycles. The van der Waals surface area contributed by atoms with E-state index in [0.717, 1.165) is 16.0 Å². The number of ether oxygens (including phenoxy) is 1. The Bertz CT molecular complexity index is 1340. The van der Waals surface area contributed by atoms with Crippen LogP contribution >= 0.6 is 11.3 Å². The molecule has 0 aliphatic rings. The smallest absolute Gasteiger partial charge is 0.275 e. The first-order valence-corrected chi connectivity index (χ1v) is 9.95. The van der Waals surface area contributed by atoms with Crippen molar-refractivity contribution in [3.05, 3.63) is 70.0 Å². The van der Waals surface area contributed by atoms with Crippen molar-refractivity contribution in [1.82, 2.24) is 14.8 Å². The molecule has 0 aliphatic heterocycles. The molecule has 0 saturated carbocycles. The maximum Gasteiger partial charge on any atom is 0.275 e. The second-order valence-electron chi connectivity index (χ2n) is 6.46. The zero-order chi connectivity index (χ0) is 22.0. The second-order valence-corrected chi connectivity index (χ2v) is 7.32. The molecule has 4 rings (SSSR count). The lowest BCUT2D eigenvalue weighted by atomic mass is 10.1. The van der Waals surface area contributed by atoms with E-state index in [4.69, 9.17) is 4.74 Å². The number of carbonyl (C=O) groups excluding carboxylic acids is 2. The van der Waals surface area contributed by atoms with Gasteiger partial charge >= 0.3 is 0 Å². The van der Waals surface area contributed by atoms with E-state index in [1.807, 2.05) is 12.1 Å². The summed E-state index contributed by atoms with van der Waals surface area (Å²) in [4.78, 5) is 40.9. The summed E-state index contributed by atoms with van der Waals surface area (Å²) in [5.41, 5.74) is 0.541. The van der Waals surface area contributed by atoms with Gasteiger partial charge in [0.25, 0.3) is 5.56 Å². The van der Waals surface area contributed by atoms with Crippen LogP contribution in [0.3, 0.4) is 0 Å². The highest BCUT2D eigenvalue weighted by Gasteiger charge is 2.15. The fourth-order valence-corrected chi connectivity index (χ4v) is 3.75. The number of hydrogen-bond donors (Lipinski definition) is 1. The maximum absolute atomic E-state index is 12.6. The normalized spacial score (nSPS) is 10.7. The standard InChI is InChI=1S/C21H16N4O5S/c1-30-13-8-6-12(7-9-13)16-11-31-21(22-16)23-17(26)10-25-19(27)15-5-3-2-4-14(15)18(24-25)20(28)29/h2-9,11H,10H2,1H3,(H,28,29)(H,22,23,26)/p-1. The highest BCUT2D eigenvalue weighted by Crippen LogP contribution is 2.26. The van der Waals surface area contributed by atoms with Crippen LogP contribution in [0.5, 0.6) is 5.75 Å². The zero-order valence-corrected chi connectivity index (χ0v) is 17.0. The molecule has 0 radical (unpaired) electrons. The minimum atomic E-state index is -1.53. The third kappa shape index (κ3) is 4.14. The highest BCUT2D eigenvalue weighted by molar-refractivity contribution is 7.14. The third-order valence-corrected chi connectivity index (χ3v) is 5.25. The van der Waals surface area contributed by atoms with Gasteiger partial charge in [0.05, 0.1) is 24.2 Å². The summed E-state index contributed by atoms with van der Waals surface area (Å²) in [6, 6.07) is 13.4. The molecule has 1 N–H and O–H groups in total. The number of aromatic carboxylic acids is 1. The van der Waals surface area contributed by atoms with Crippen LogP contribution in [0.4, 0.5) is 5.13 Å². The molecule has 0 fully saturated rings. The summed E-state index contributed by atoms with van der Waals surface area (Å²) in [7, 11) is 1.58. The van der Waals surface area contributed by atoms with Crippen molar-refractivity contribution < 1.29 is 19.4 Å². The molecular formula is C21H15N4O5S-. The molecule has 2 heterocycles. The quantitative estimate of drug-likeness (QED) is 0.487. The molecule has 0 bridgehead atoms. The van der Waals surface area contributed by atoms with Gasteiger partial charge in [-0.25, -0.2) is 9.67 Å². The summed E-state index contributed by atoms with van der Waals surface area (Å²) in [6.07, 6.45) is 0. The Hall–Kier alpha value is -4.05. The highest BCUT2D eigenvalue weighted by atomic mass is 32.1. The molecule has 10 heteroatoms. The van der Waals surface area contributed by atoms with Gasteiger partial charge in [-0.1, -0.05) is 18.2 Å². The largest absolute Gasteiger partial charge is 0.543 e. The Morgan fingerprint density at radius 1 is 1.13 bits per heavy atom. The van der Waals surface area contributed by atoms with Crippen molar-refractivity contribution in [1.29, 1.82) is 0 Å². The van der Waals surface area contributed by atoms with Crippen LogP contribution in [-0.4, -0.2) is 33.8 Å². The van der Waals surface area contributed by atoms with E-state index >= 15 is 0 Å². The Morgan fingerprint density at radius 2 is 1.84 bits per heavy atom. The number of carbonyl (C=O) groups is 2. The van der Waals surface area contributed by atoms with E-state index in [1.54, 1.807) is 36.8 Å². The van der Waals surface area contributed by atoms with E-state index in [1.165, 1.54) is 23.5 Å². The average Bonchev–Trinajstić information content (AvgIpc) is 3.24. The Labute approximate surface area is 179 Å². The van der Waals surface area contributed by atoms with E-state index in [-0.39, 0.29) is 10.8 Å². The Kier molecular flexibility index (Phi) is 5.46. The Balaban J connectivity index is 1.55. The van der Waals surface area contributed by atoms with Crippen molar-refractivity contribution in [2.45, 2.75) is 6.54 Å². The molecule has 0 aliphatic carbocycles. The minimum Gasteiger partial charge on any atom is -0.543 e. The number of carboxylic acids is 1. The van der Waals surface area contributed by atoms with Crippen LogP contribution < -0.4 is 20.7 Å². The Morgan fingerprint density at radius 3 is 2.52 bits per heavy atom. The monoisotopic (exact) mass is 435 g/mol. The minimum absolute atomic E-state index is 0.139. The number of rotatable bonds is 6. The van der Waals surface area contributed by atoms with Crippen LogP contribution in [0.2, 0.25) is 0 Å². The lowest BCUT2D eigenvalue weighted by Crippen LogP contribution is -2.34. The molecule has 4 aromatic rings. The molecule has 2 aromatic heterocycles. The predicted octanol–water partition coefficient (Wildman–Crippen LogP) is 1.53. The molecule has 0 unspecified atom stereocenters. The summed E-state index contributed by atoms with van der Waals surface area (Å²) >= 11 is 1.22. The van der Waals surface area contributed by atoms with Crippen LogP contribution in [0, 0.1) is 0 Å². The van der Waals surface area contributed by atoms with Gasteiger partial charge in [0.1, 0.15) is 18.0 Å². The van der Waals surface area contributed by atoms with Crippen molar-refractivity contribution in [2.24, 2.45) is 0 Å². The lowest BCUT2D eigenvalue weighted by molar-refractivity contribution is -0.255. The van der Waals surface area contributed by atoms with E-state index in [2.05, 4.69) is 15.4 Å². The summed E-state index contributed by atoms with van der Waals surface area (Å²) in [5, 5.41) is 20.3. The number of amides is 1. The van der Waals surface area contributed by atoms with Gasteiger partial charge in [-0.05, 0) is 30.3 Å². The number of nitrogens with zero attached hydrogens (tertiary/aromatic N) is 3. The number of methoxy groups -OCH3 is 1. The molecular weight excluding hydrogens is 420 g/mol. The summed E-state index contributed by atoms with van der Waals surface area (Å²) < 4.78 is 5.94. The molecule has 31 heavy (non-hydrogen) atoms. The topological polar surface area (TPSA) is 126 Å². The fraction of sp³-hybridized carbons (Fsp3) is 0.0952. The number of aromatic nitrogens is 3. The molecule has 0 atom stereocenters. The van der Waals surface area contributed by atoms with Gasteiger partial charge in [0.15, 0.2) is 5.13 Å². The van der Waals surface area contributed by atoms with Crippen LogP contribution in [0.1, 0.15) is 10.5 Å². The van der Waals surface area contributed by atoms with Gasteiger partial charge in [0, 0.05) is 16.3 Å².